The van der Waals surface area contributed by atoms with Crippen LogP contribution >= 0.6 is 11.6 Å². The molecule has 0 atom stereocenters. The van der Waals surface area contributed by atoms with Crippen LogP contribution in [0.4, 0.5) is 0 Å². The van der Waals surface area contributed by atoms with Crippen molar-refractivity contribution in [2.24, 2.45) is 0 Å². The molecular formula is C20H15ClN2O2. The fourth-order valence-corrected chi connectivity index (χ4v) is 2.54. The van der Waals surface area contributed by atoms with Gasteiger partial charge in [-0.2, -0.15) is 0 Å². The lowest BCUT2D eigenvalue weighted by Crippen LogP contribution is -2.25. The first-order valence-electron chi connectivity index (χ1n) is 7.71. The maximum atomic E-state index is 12.7. The Hall–Kier alpha value is -2.98. The Morgan fingerprint density at radius 2 is 1.64 bits per heavy atom. The van der Waals surface area contributed by atoms with E-state index in [2.05, 4.69) is 10.3 Å². The number of pyridine rings is 1. The van der Waals surface area contributed by atoms with E-state index in [1.807, 2.05) is 6.07 Å². The van der Waals surface area contributed by atoms with Crippen LogP contribution in [-0.2, 0) is 6.54 Å². The number of nitrogens with one attached hydrogen (secondary N) is 1. The van der Waals surface area contributed by atoms with E-state index in [9.17, 15) is 9.59 Å². The zero-order valence-corrected chi connectivity index (χ0v) is 14.0. The highest BCUT2D eigenvalue weighted by molar-refractivity contribution is 6.30. The van der Waals surface area contributed by atoms with Crippen molar-refractivity contribution in [1.29, 1.82) is 0 Å². The van der Waals surface area contributed by atoms with Gasteiger partial charge in [-0.3, -0.25) is 14.6 Å². The SMILES string of the molecule is O=C(NCc1cccnc1)c1ccccc1C(=O)c1ccc(Cl)cc1. The molecule has 0 saturated carbocycles. The zero-order valence-electron chi connectivity index (χ0n) is 13.3. The first-order chi connectivity index (χ1) is 12.1. The van der Waals surface area contributed by atoms with Gasteiger partial charge in [0.15, 0.2) is 5.78 Å². The van der Waals surface area contributed by atoms with Crippen LogP contribution in [0, 0.1) is 0 Å². The molecule has 3 aromatic rings. The van der Waals surface area contributed by atoms with Crippen LogP contribution in [0.15, 0.2) is 73.1 Å². The molecule has 4 nitrogen and oxygen atoms in total. The summed E-state index contributed by atoms with van der Waals surface area (Å²) >= 11 is 5.86. The second-order valence-corrected chi connectivity index (χ2v) is 5.86. The minimum absolute atomic E-state index is 0.219. The average molecular weight is 351 g/mol. The molecule has 0 bridgehead atoms. The molecular weight excluding hydrogens is 336 g/mol. The number of benzene rings is 2. The lowest BCUT2D eigenvalue weighted by molar-refractivity contribution is 0.0939. The Kier molecular flexibility index (Phi) is 5.21. The second kappa shape index (κ2) is 7.73. The van der Waals surface area contributed by atoms with Crippen LogP contribution in [0.3, 0.4) is 0 Å². The summed E-state index contributed by atoms with van der Waals surface area (Å²) in [6, 6.07) is 17.0. The van der Waals surface area contributed by atoms with Crippen LogP contribution in [0.1, 0.15) is 31.8 Å². The monoisotopic (exact) mass is 350 g/mol. The summed E-state index contributed by atoms with van der Waals surface area (Å²) in [6.45, 7) is 0.343. The second-order valence-electron chi connectivity index (χ2n) is 5.43. The van der Waals surface area contributed by atoms with Gasteiger partial charge >= 0.3 is 0 Å². The molecule has 0 aliphatic carbocycles. The molecule has 0 aliphatic rings. The number of amides is 1. The Morgan fingerprint density at radius 3 is 2.32 bits per heavy atom. The van der Waals surface area contributed by atoms with Gasteiger partial charge in [-0.05, 0) is 42.0 Å². The molecule has 5 heteroatoms. The summed E-state index contributed by atoms with van der Waals surface area (Å²) in [5.41, 5.74) is 2.06. The number of nitrogens with zero attached hydrogens (tertiary/aromatic N) is 1. The summed E-state index contributed by atoms with van der Waals surface area (Å²) < 4.78 is 0. The number of aromatic nitrogens is 1. The van der Waals surface area contributed by atoms with Gasteiger partial charge in [-0.15, -0.1) is 0 Å². The highest BCUT2D eigenvalue weighted by Crippen LogP contribution is 2.17. The van der Waals surface area contributed by atoms with Crippen LogP contribution in [0.5, 0.6) is 0 Å². The lowest BCUT2D eigenvalue weighted by Gasteiger charge is -2.10. The van der Waals surface area contributed by atoms with E-state index in [1.165, 1.54) is 0 Å². The fraction of sp³-hybridized carbons (Fsp3) is 0.0500. The topological polar surface area (TPSA) is 59.1 Å². The number of carbonyl (C=O) groups is 2. The van der Waals surface area contributed by atoms with Crippen molar-refractivity contribution in [2.45, 2.75) is 6.54 Å². The summed E-state index contributed by atoms with van der Waals surface area (Å²) in [5.74, 6) is -0.523. The minimum atomic E-state index is -0.304. The van der Waals surface area contributed by atoms with Crippen molar-refractivity contribution in [2.75, 3.05) is 0 Å². The Labute approximate surface area is 150 Å². The normalized spacial score (nSPS) is 10.3. The van der Waals surface area contributed by atoms with E-state index in [-0.39, 0.29) is 11.7 Å². The van der Waals surface area contributed by atoms with Crippen molar-refractivity contribution in [3.8, 4) is 0 Å². The predicted molar refractivity (Wildman–Crippen MR) is 96.7 cm³/mol. The molecule has 0 unspecified atom stereocenters. The Balaban J connectivity index is 1.81. The van der Waals surface area contributed by atoms with Crippen LogP contribution in [0.2, 0.25) is 5.02 Å². The summed E-state index contributed by atoms with van der Waals surface area (Å²) in [4.78, 5) is 29.3. The summed E-state index contributed by atoms with van der Waals surface area (Å²) in [6.07, 6.45) is 3.36. The van der Waals surface area contributed by atoms with E-state index in [0.717, 1.165) is 5.56 Å². The Bertz CT molecular complexity index is 893. The molecule has 1 N–H and O–H groups in total. The van der Waals surface area contributed by atoms with Crippen molar-refractivity contribution >= 4 is 23.3 Å². The molecule has 0 saturated heterocycles. The molecule has 3 rings (SSSR count). The highest BCUT2D eigenvalue weighted by Gasteiger charge is 2.17. The first kappa shape index (κ1) is 16.9. The van der Waals surface area contributed by atoms with Crippen molar-refractivity contribution in [3.05, 3.63) is 100 Å². The number of carbonyl (C=O) groups excluding carboxylic acids is 2. The Morgan fingerprint density at radius 1 is 0.920 bits per heavy atom. The number of halogens is 1. The molecule has 0 radical (unpaired) electrons. The number of hydrogen-bond donors (Lipinski definition) is 1. The van der Waals surface area contributed by atoms with Gasteiger partial charge in [-0.1, -0.05) is 35.9 Å². The number of ketones is 1. The van der Waals surface area contributed by atoms with Crippen molar-refractivity contribution in [3.63, 3.8) is 0 Å². The minimum Gasteiger partial charge on any atom is -0.348 e. The number of rotatable bonds is 5. The van der Waals surface area contributed by atoms with Crippen molar-refractivity contribution in [1.82, 2.24) is 10.3 Å². The first-order valence-corrected chi connectivity index (χ1v) is 8.09. The van der Waals surface area contributed by atoms with Gasteiger partial charge in [0.05, 0.1) is 5.56 Å². The van der Waals surface area contributed by atoms with Crippen LogP contribution in [0.25, 0.3) is 0 Å². The lowest BCUT2D eigenvalue weighted by atomic mass is 9.98. The van der Waals surface area contributed by atoms with Gasteiger partial charge in [0, 0.05) is 35.1 Å². The van der Waals surface area contributed by atoms with E-state index < -0.39 is 0 Å². The summed E-state index contributed by atoms with van der Waals surface area (Å²) in [5, 5.41) is 3.37. The largest absolute Gasteiger partial charge is 0.348 e. The molecule has 1 amide bonds. The maximum absolute atomic E-state index is 12.7. The maximum Gasteiger partial charge on any atom is 0.252 e. The molecule has 0 aliphatic heterocycles. The van der Waals surface area contributed by atoms with E-state index in [1.54, 1.807) is 67.0 Å². The number of hydrogen-bond acceptors (Lipinski definition) is 3. The van der Waals surface area contributed by atoms with E-state index in [4.69, 9.17) is 11.6 Å². The van der Waals surface area contributed by atoms with Crippen LogP contribution < -0.4 is 5.32 Å². The third kappa shape index (κ3) is 4.11. The molecule has 124 valence electrons. The molecule has 1 heterocycles. The van der Waals surface area contributed by atoms with Gasteiger partial charge in [0.25, 0.3) is 5.91 Å². The molecule has 0 spiro atoms. The van der Waals surface area contributed by atoms with Crippen LogP contribution in [-0.4, -0.2) is 16.7 Å². The third-order valence-electron chi connectivity index (χ3n) is 3.70. The fourth-order valence-electron chi connectivity index (χ4n) is 2.42. The molecule has 25 heavy (non-hydrogen) atoms. The zero-order chi connectivity index (χ0) is 17.6. The van der Waals surface area contributed by atoms with Gasteiger partial charge in [-0.25, -0.2) is 0 Å². The summed E-state index contributed by atoms with van der Waals surface area (Å²) in [7, 11) is 0. The molecule has 0 fully saturated rings. The molecule has 1 aromatic heterocycles. The van der Waals surface area contributed by atoms with Gasteiger partial charge in [0.1, 0.15) is 0 Å². The standard InChI is InChI=1S/C20H15ClN2O2/c21-16-9-7-15(8-10-16)19(24)17-5-1-2-6-18(17)20(25)23-13-14-4-3-11-22-12-14/h1-12H,13H2,(H,23,25). The molecule has 2 aromatic carbocycles. The van der Waals surface area contributed by atoms with Crippen molar-refractivity contribution < 1.29 is 9.59 Å². The predicted octanol–water partition coefficient (Wildman–Crippen LogP) is 3.90. The highest BCUT2D eigenvalue weighted by atomic mass is 35.5. The third-order valence-corrected chi connectivity index (χ3v) is 3.95. The van der Waals surface area contributed by atoms with E-state index in [0.29, 0.717) is 28.3 Å². The van der Waals surface area contributed by atoms with Gasteiger partial charge in [0.2, 0.25) is 0 Å². The van der Waals surface area contributed by atoms with Gasteiger partial charge < -0.3 is 5.32 Å². The van der Waals surface area contributed by atoms with E-state index >= 15 is 0 Å². The smallest absolute Gasteiger partial charge is 0.252 e. The average Bonchev–Trinajstić information content (AvgIpc) is 2.67. The quantitative estimate of drug-likeness (QED) is 0.710.